The summed E-state index contributed by atoms with van der Waals surface area (Å²) >= 11 is 0. The number of carbonyl (C=O) groups is 1. The third-order valence-corrected chi connectivity index (χ3v) is 3.09. The second kappa shape index (κ2) is 4.63. The fourth-order valence-electron chi connectivity index (χ4n) is 2.12. The molecule has 0 saturated carbocycles. The van der Waals surface area contributed by atoms with Crippen LogP contribution in [-0.4, -0.2) is 31.3 Å². The number of nitrogens with two attached hydrogens (primary N) is 1. The minimum absolute atomic E-state index is 0.402. The quantitative estimate of drug-likeness (QED) is 0.763. The average molecular weight is 238 g/mol. The van der Waals surface area contributed by atoms with Crippen LogP contribution in [0.4, 0.5) is 0 Å². The molecule has 92 valence electrons. The van der Waals surface area contributed by atoms with Crippen LogP contribution in [0.2, 0.25) is 0 Å². The zero-order chi connectivity index (χ0) is 12.4. The van der Waals surface area contributed by atoms with Gasteiger partial charge < -0.3 is 19.9 Å². The minimum Gasteiger partial charge on any atom is -0.493 e. The Morgan fingerprint density at radius 2 is 1.88 bits per heavy atom. The normalized spacial score (nSPS) is 18.4. The lowest BCUT2D eigenvalue weighted by molar-refractivity contribution is -0.696. The van der Waals surface area contributed by atoms with Crippen LogP contribution in [0.25, 0.3) is 0 Å². The summed E-state index contributed by atoms with van der Waals surface area (Å²) in [5, 5.41) is 10.8. The Morgan fingerprint density at radius 1 is 1.29 bits per heavy atom. The van der Waals surface area contributed by atoms with Crippen LogP contribution in [0.15, 0.2) is 12.1 Å². The second-order valence-corrected chi connectivity index (χ2v) is 4.06. The van der Waals surface area contributed by atoms with E-state index in [0.717, 1.165) is 11.1 Å². The number of ether oxygens (including phenoxy) is 2. The highest BCUT2D eigenvalue weighted by atomic mass is 16.5. The maximum Gasteiger partial charge on any atom is 0.362 e. The Hall–Kier alpha value is -1.75. The van der Waals surface area contributed by atoms with Gasteiger partial charge in [0, 0.05) is 12.0 Å². The van der Waals surface area contributed by atoms with Crippen molar-refractivity contribution in [2.45, 2.75) is 19.0 Å². The van der Waals surface area contributed by atoms with Crippen LogP contribution in [0, 0.1) is 0 Å². The predicted molar refractivity (Wildman–Crippen MR) is 60.3 cm³/mol. The van der Waals surface area contributed by atoms with Gasteiger partial charge in [-0.05, 0) is 17.7 Å². The van der Waals surface area contributed by atoms with Crippen molar-refractivity contribution < 1.29 is 24.7 Å². The Labute approximate surface area is 99.3 Å². The molecule has 5 heteroatoms. The molecule has 0 amide bonds. The molecule has 0 aromatic heterocycles. The van der Waals surface area contributed by atoms with Crippen molar-refractivity contribution in [2.75, 3.05) is 14.2 Å². The van der Waals surface area contributed by atoms with Gasteiger partial charge in [-0.25, -0.2) is 4.79 Å². The molecule has 1 heterocycles. The maximum atomic E-state index is 11.0. The van der Waals surface area contributed by atoms with Crippen LogP contribution < -0.4 is 14.8 Å². The van der Waals surface area contributed by atoms with Crippen LogP contribution >= 0.6 is 0 Å². The van der Waals surface area contributed by atoms with E-state index in [0.29, 0.717) is 24.5 Å². The van der Waals surface area contributed by atoms with Crippen LogP contribution in [-0.2, 0) is 17.8 Å². The summed E-state index contributed by atoms with van der Waals surface area (Å²) < 4.78 is 10.4. The largest absolute Gasteiger partial charge is 0.493 e. The summed E-state index contributed by atoms with van der Waals surface area (Å²) in [7, 11) is 3.17. The van der Waals surface area contributed by atoms with E-state index in [1.165, 1.54) is 0 Å². The van der Waals surface area contributed by atoms with Crippen molar-refractivity contribution in [3.8, 4) is 11.5 Å². The monoisotopic (exact) mass is 238 g/mol. The first-order chi connectivity index (χ1) is 8.15. The summed E-state index contributed by atoms with van der Waals surface area (Å²) in [6, 6.07) is 3.39. The zero-order valence-electron chi connectivity index (χ0n) is 9.90. The van der Waals surface area contributed by atoms with Crippen molar-refractivity contribution in [2.24, 2.45) is 0 Å². The number of hydrogen-bond donors (Lipinski definition) is 2. The molecule has 2 rings (SSSR count). The molecule has 1 aromatic rings. The molecule has 0 aliphatic carbocycles. The Bertz CT molecular complexity index is 444. The first kappa shape index (κ1) is 11.7. The first-order valence-corrected chi connectivity index (χ1v) is 5.45. The van der Waals surface area contributed by atoms with E-state index in [4.69, 9.17) is 14.6 Å². The topological polar surface area (TPSA) is 72.4 Å². The lowest BCUT2D eigenvalue weighted by Crippen LogP contribution is -2.92. The zero-order valence-corrected chi connectivity index (χ0v) is 9.90. The molecule has 0 fully saturated rings. The van der Waals surface area contributed by atoms with Crippen molar-refractivity contribution in [3.05, 3.63) is 23.3 Å². The third kappa shape index (κ3) is 2.19. The van der Waals surface area contributed by atoms with Crippen molar-refractivity contribution >= 4 is 5.97 Å². The fourth-order valence-corrected chi connectivity index (χ4v) is 2.12. The van der Waals surface area contributed by atoms with Crippen molar-refractivity contribution in [3.63, 3.8) is 0 Å². The van der Waals surface area contributed by atoms with Gasteiger partial charge in [-0.15, -0.1) is 0 Å². The highest BCUT2D eigenvalue weighted by molar-refractivity contribution is 5.72. The van der Waals surface area contributed by atoms with Crippen LogP contribution in [0.1, 0.15) is 11.1 Å². The highest BCUT2D eigenvalue weighted by Crippen LogP contribution is 2.31. The molecule has 1 aliphatic heterocycles. The molecular weight excluding hydrogens is 222 g/mol. The van der Waals surface area contributed by atoms with Gasteiger partial charge in [-0.3, -0.25) is 0 Å². The molecule has 17 heavy (non-hydrogen) atoms. The number of methoxy groups -OCH3 is 2. The third-order valence-electron chi connectivity index (χ3n) is 3.09. The summed E-state index contributed by atoms with van der Waals surface area (Å²) in [5.74, 6) is 0.566. The van der Waals surface area contributed by atoms with Gasteiger partial charge in [0.2, 0.25) is 0 Å². The van der Waals surface area contributed by atoms with E-state index < -0.39 is 12.0 Å². The van der Waals surface area contributed by atoms with E-state index in [1.807, 2.05) is 17.4 Å². The number of aliphatic carboxylic acids is 1. The van der Waals surface area contributed by atoms with Gasteiger partial charge in [0.05, 0.1) is 14.2 Å². The molecule has 0 bridgehead atoms. The SMILES string of the molecule is COc1cc2c(cc1OC)CC(C(=O)O)[NH2+]C2. The summed E-state index contributed by atoms with van der Waals surface area (Å²) in [4.78, 5) is 11.0. The van der Waals surface area contributed by atoms with E-state index in [2.05, 4.69) is 0 Å². The van der Waals surface area contributed by atoms with Gasteiger partial charge in [0.25, 0.3) is 0 Å². The number of quaternary nitrogens is 1. The number of carboxylic acids is 1. The maximum absolute atomic E-state index is 11.0. The summed E-state index contributed by atoms with van der Waals surface area (Å²) in [6.45, 7) is 0.659. The van der Waals surface area contributed by atoms with Crippen LogP contribution in [0.3, 0.4) is 0 Å². The van der Waals surface area contributed by atoms with Gasteiger partial charge in [-0.1, -0.05) is 0 Å². The number of rotatable bonds is 3. The molecule has 5 nitrogen and oxygen atoms in total. The number of fused-ring (bicyclic) bond motifs is 1. The lowest BCUT2D eigenvalue weighted by atomic mass is 9.95. The number of hydrogen-bond acceptors (Lipinski definition) is 3. The van der Waals surface area contributed by atoms with Gasteiger partial charge in [0.15, 0.2) is 17.5 Å². The minimum atomic E-state index is -0.773. The molecule has 1 atom stereocenters. The van der Waals surface area contributed by atoms with Gasteiger partial charge >= 0.3 is 5.97 Å². The average Bonchev–Trinajstić information content (AvgIpc) is 2.36. The molecule has 3 N–H and O–H groups in total. The molecular formula is C12H16NO4+. The molecule has 0 spiro atoms. The Morgan fingerprint density at radius 3 is 2.41 bits per heavy atom. The molecule has 0 radical (unpaired) electrons. The number of carboxylic acid groups (broad SMARTS) is 1. The summed E-state index contributed by atoms with van der Waals surface area (Å²) in [5.41, 5.74) is 2.14. The molecule has 0 saturated heterocycles. The second-order valence-electron chi connectivity index (χ2n) is 4.06. The van der Waals surface area contributed by atoms with E-state index in [9.17, 15) is 4.79 Å². The first-order valence-electron chi connectivity index (χ1n) is 5.45. The van der Waals surface area contributed by atoms with Gasteiger partial charge in [-0.2, -0.15) is 0 Å². The standard InChI is InChI=1S/C12H15NO4/c1-16-10-4-7-3-9(12(14)15)13-6-8(7)5-11(10)17-2/h4-5,9,13H,3,6H2,1-2H3,(H,14,15)/p+1. The van der Waals surface area contributed by atoms with E-state index in [-0.39, 0.29) is 0 Å². The Balaban J connectivity index is 2.35. The molecule has 1 aliphatic rings. The molecule has 1 aromatic carbocycles. The highest BCUT2D eigenvalue weighted by Gasteiger charge is 2.28. The van der Waals surface area contributed by atoms with E-state index in [1.54, 1.807) is 14.2 Å². The smallest absolute Gasteiger partial charge is 0.362 e. The lowest BCUT2D eigenvalue weighted by Gasteiger charge is -2.21. The number of benzene rings is 1. The van der Waals surface area contributed by atoms with Gasteiger partial charge in [0.1, 0.15) is 6.54 Å². The summed E-state index contributed by atoms with van der Waals surface area (Å²) in [6.07, 6.45) is 0.519. The van der Waals surface area contributed by atoms with Crippen molar-refractivity contribution in [1.29, 1.82) is 0 Å². The fraction of sp³-hybridized carbons (Fsp3) is 0.417. The Kier molecular flexibility index (Phi) is 3.19. The van der Waals surface area contributed by atoms with E-state index >= 15 is 0 Å². The van der Waals surface area contributed by atoms with Crippen molar-refractivity contribution in [1.82, 2.24) is 0 Å². The predicted octanol–water partition coefficient (Wildman–Crippen LogP) is -0.223. The molecule has 1 unspecified atom stereocenters. The van der Waals surface area contributed by atoms with Crippen LogP contribution in [0.5, 0.6) is 11.5 Å².